The number of rotatable bonds is 6. The van der Waals surface area contributed by atoms with Gasteiger partial charge in [0, 0.05) is 27.8 Å². The van der Waals surface area contributed by atoms with E-state index in [9.17, 15) is 0 Å². The van der Waals surface area contributed by atoms with E-state index < -0.39 is 0 Å². The van der Waals surface area contributed by atoms with Crippen molar-refractivity contribution in [1.82, 2.24) is 9.38 Å². The number of nitrogens with zero attached hydrogens (tertiary/aromatic N) is 3. The number of nitrogens with two attached hydrogens (primary N) is 1. The SMILES string of the molecule is C=C(N=C1C=CC=C/C1=C(/N)c1cccc(-c2cccc(-c3c4ccccc4n4c3cnc3ccccc34)c2)c1)c1cccc(-c2ccccc2)c1. The van der Waals surface area contributed by atoms with Crippen LogP contribution in [0.25, 0.3) is 72.2 Å². The average molecular weight is 667 g/mol. The third kappa shape index (κ3) is 5.53. The van der Waals surface area contributed by atoms with Gasteiger partial charge in [-0.25, -0.2) is 4.99 Å². The van der Waals surface area contributed by atoms with Crippen LogP contribution in [-0.4, -0.2) is 15.1 Å². The minimum Gasteiger partial charge on any atom is -0.398 e. The molecule has 8 aromatic rings. The van der Waals surface area contributed by atoms with E-state index in [-0.39, 0.29) is 0 Å². The molecule has 0 saturated heterocycles. The Morgan fingerprint density at radius 1 is 0.558 bits per heavy atom. The van der Waals surface area contributed by atoms with Crippen molar-refractivity contribution in [2.24, 2.45) is 10.7 Å². The molecule has 4 nitrogen and oxygen atoms in total. The summed E-state index contributed by atoms with van der Waals surface area (Å²) in [5.41, 5.74) is 22.9. The fourth-order valence-electron chi connectivity index (χ4n) is 7.23. The molecule has 246 valence electrons. The quantitative estimate of drug-likeness (QED) is 0.192. The number of fused-ring (bicyclic) bond motifs is 5. The van der Waals surface area contributed by atoms with Crippen molar-refractivity contribution in [3.8, 4) is 33.4 Å². The van der Waals surface area contributed by atoms with Crippen LogP contribution in [0.1, 0.15) is 11.1 Å². The van der Waals surface area contributed by atoms with Crippen molar-refractivity contribution >= 4 is 44.6 Å². The molecule has 1 aliphatic carbocycles. The molecule has 9 rings (SSSR count). The molecule has 6 aromatic carbocycles. The van der Waals surface area contributed by atoms with Crippen LogP contribution in [0.5, 0.6) is 0 Å². The van der Waals surface area contributed by atoms with Gasteiger partial charge in [-0.15, -0.1) is 0 Å². The first-order chi connectivity index (χ1) is 25.6. The first-order valence-electron chi connectivity index (χ1n) is 17.4. The molecular formula is C48H34N4. The molecule has 0 amide bonds. The number of hydrogen-bond acceptors (Lipinski definition) is 3. The number of allylic oxidation sites excluding steroid dienone is 5. The number of hydrogen-bond donors (Lipinski definition) is 1. The van der Waals surface area contributed by atoms with Crippen LogP contribution in [0.15, 0.2) is 199 Å². The lowest BCUT2D eigenvalue weighted by Gasteiger charge is -2.14. The van der Waals surface area contributed by atoms with Crippen molar-refractivity contribution in [2.75, 3.05) is 0 Å². The Hall–Kier alpha value is -7.04. The Balaban J connectivity index is 1.08. The van der Waals surface area contributed by atoms with Gasteiger partial charge in [-0.3, -0.25) is 4.98 Å². The van der Waals surface area contributed by atoms with Crippen LogP contribution < -0.4 is 5.73 Å². The second-order valence-corrected chi connectivity index (χ2v) is 13.0. The summed E-state index contributed by atoms with van der Waals surface area (Å²) in [6, 6.07) is 52.7. The van der Waals surface area contributed by atoms with E-state index in [1.807, 2.05) is 66.9 Å². The summed E-state index contributed by atoms with van der Waals surface area (Å²) in [5, 5.41) is 1.19. The van der Waals surface area contributed by atoms with Crippen molar-refractivity contribution in [1.29, 1.82) is 0 Å². The first-order valence-corrected chi connectivity index (χ1v) is 17.4. The molecule has 2 aromatic heterocycles. The fraction of sp³-hybridized carbons (Fsp3) is 0. The maximum Gasteiger partial charge on any atom is 0.0871 e. The normalized spacial score (nSPS) is 14.4. The zero-order chi connectivity index (χ0) is 35.0. The van der Waals surface area contributed by atoms with Crippen LogP contribution in [0, 0.1) is 0 Å². The predicted molar refractivity (Wildman–Crippen MR) is 219 cm³/mol. The van der Waals surface area contributed by atoms with Crippen molar-refractivity contribution in [2.45, 2.75) is 0 Å². The Labute approximate surface area is 302 Å². The largest absolute Gasteiger partial charge is 0.398 e. The van der Waals surface area contributed by atoms with E-state index in [4.69, 9.17) is 15.7 Å². The molecule has 2 heterocycles. The molecule has 2 N–H and O–H groups in total. The smallest absolute Gasteiger partial charge is 0.0871 e. The standard InChI is InChI=1S/C48H34N4/c1-32(34-16-11-17-35(28-34)33-14-3-2-4-15-33)51-42-24-7-5-22-40(42)48(49)39-21-13-19-37(30-39)36-18-12-20-38(29-36)47-41-23-6-9-26-44(41)52-45-27-10-8-25-43(45)50-31-46(47)52/h2-31H,1,49H2/b48-40-,51-42?. The van der Waals surface area contributed by atoms with Crippen LogP contribution in [0.4, 0.5) is 0 Å². The van der Waals surface area contributed by atoms with Gasteiger partial charge in [-0.1, -0.05) is 140 Å². The van der Waals surface area contributed by atoms with Crippen molar-refractivity contribution < 1.29 is 0 Å². The molecule has 0 radical (unpaired) electrons. The van der Waals surface area contributed by atoms with Gasteiger partial charge in [0.25, 0.3) is 0 Å². The Kier molecular flexibility index (Phi) is 7.75. The van der Waals surface area contributed by atoms with Gasteiger partial charge in [0.2, 0.25) is 0 Å². The number of aliphatic imine (C=N–C) groups is 1. The van der Waals surface area contributed by atoms with Crippen LogP contribution >= 0.6 is 0 Å². The second-order valence-electron chi connectivity index (χ2n) is 13.0. The number of benzene rings is 6. The number of aromatic nitrogens is 2. The Bertz CT molecular complexity index is 2810. The maximum absolute atomic E-state index is 6.97. The first kappa shape index (κ1) is 31.0. The van der Waals surface area contributed by atoms with E-state index in [1.165, 1.54) is 10.9 Å². The summed E-state index contributed by atoms with van der Waals surface area (Å²) >= 11 is 0. The van der Waals surface area contributed by atoms with E-state index >= 15 is 0 Å². The number of para-hydroxylation sites is 3. The fourth-order valence-corrected chi connectivity index (χ4v) is 7.23. The topological polar surface area (TPSA) is 55.7 Å². The van der Waals surface area contributed by atoms with Crippen molar-refractivity contribution in [3.05, 3.63) is 205 Å². The summed E-state index contributed by atoms with van der Waals surface area (Å²) in [7, 11) is 0. The van der Waals surface area contributed by atoms with Gasteiger partial charge in [-0.05, 0) is 75.9 Å². The second kappa shape index (κ2) is 13.0. The molecule has 0 aliphatic heterocycles. The summed E-state index contributed by atoms with van der Waals surface area (Å²) in [6.07, 6.45) is 10.00. The van der Waals surface area contributed by atoms with Gasteiger partial charge in [0.1, 0.15) is 0 Å². The lowest BCUT2D eigenvalue weighted by molar-refractivity contribution is 1.27. The highest BCUT2D eigenvalue weighted by atomic mass is 14.9. The van der Waals surface area contributed by atoms with E-state index in [0.29, 0.717) is 11.4 Å². The summed E-state index contributed by atoms with van der Waals surface area (Å²) in [5.74, 6) is 0. The molecule has 0 saturated carbocycles. The van der Waals surface area contributed by atoms with Gasteiger partial charge < -0.3 is 10.1 Å². The van der Waals surface area contributed by atoms with Gasteiger partial charge in [0.15, 0.2) is 0 Å². The highest BCUT2D eigenvalue weighted by Crippen LogP contribution is 2.38. The Morgan fingerprint density at radius 3 is 2.02 bits per heavy atom. The van der Waals surface area contributed by atoms with Gasteiger partial charge in [-0.2, -0.15) is 0 Å². The molecule has 1 aliphatic rings. The highest BCUT2D eigenvalue weighted by molar-refractivity contribution is 6.17. The molecule has 4 heteroatoms. The lowest BCUT2D eigenvalue weighted by Crippen LogP contribution is -2.09. The van der Waals surface area contributed by atoms with Crippen LogP contribution in [0.2, 0.25) is 0 Å². The van der Waals surface area contributed by atoms with Crippen LogP contribution in [-0.2, 0) is 0 Å². The lowest BCUT2D eigenvalue weighted by atomic mass is 9.94. The molecule has 52 heavy (non-hydrogen) atoms. The van der Waals surface area contributed by atoms with Crippen LogP contribution in [0.3, 0.4) is 0 Å². The van der Waals surface area contributed by atoms with Gasteiger partial charge >= 0.3 is 0 Å². The maximum atomic E-state index is 6.97. The van der Waals surface area contributed by atoms with E-state index in [2.05, 4.69) is 126 Å². The van der Waals surface area contributed by atoms with E-state index in [1.54, 1.807) is 0 Å². The van der Waals surface area contributed by atoms with Gasteiger partial charge in [0.05, 0.1) is 39.7 Å². The van der Waals surface area contributed by atoms with E-state index in [0.717, 1.165) is 72.3 Å². The minimum atomic E-state index is 0.658. The highest BCUT2D eigenvalue weighted by Gasteiger charge is 2.17. The Morgan fingerprint density at radius 2 is 1.17 bits per heavy atom. The monoisotopic (exact) mass is 666 g/mol. The molecule has 0 fully saturated rings. The summed E-state index contributed by atoms with van der Waals surface area (Å²) in [4.78, 5) is 9.84. The zero-order valence-corrected chi connectivity index (χ0v) is 28.4. The molecular weight excluding hydrogens is 633 g/mol. The summed E-state index contributed by atoms with van der Waals surface area (Å²) in [6.45, 7) is 4.34. The summed E-state index contributed by atoms with van der Waals surface area (Å²) < 4.78 is 2.33. The molecule has 0 unspecified atom stereocenters. The van der Waals surface area contributed by atoms with Crippen molar-refractivity contribution in [3.63, 3.8) is 0 Å². The third-order valence-electron chi connectivity index (χ3n) is 9.77. The minimum absolute atomic E-state index is 0.658. The molecule has 0 atom stereocenters. The third-order valence-corrected chi connectivity index (χ3v) is 9.77. The molecule has 0 bridgehead atoms. The molecule has 0 spiro atoms. The average Bonchev–Trinajstić information content (AvgIpc) is 3.56. The zero-order valence-electron chi connectivity index (χ0n) is 28.4. The predicted octanol–water partition coefficient (Wildman–Crippen LogP) is 11.5.